The van der Waals surface area contributed by atoms with E-state index in [0.717, 1.165) is 43.1 Å². The van der Waals surface area contributed by atoms with Crippen LogP contribution in [-0.2, 0) is 6.42 Å². The van der Waals surface area contributed by atoms with Crippen LogP contribution in [0.4, 0.5) is 5.13 Å². The average Bonchev–Trinajstić information content (AvgIpc) is 2.74. The average molecular weight is 240 g/mol. The van der Waals surface area contributed by atoms with Gasteiger partial charge in [0.2, 0.25) is 0 Å². The van der Waals surface area contributed by atoms with Crippen LogP contribution in [0.5, 0.6) is 0 Å². The van der Waals surface area contributed by atoms with Crippen molar-refractivity contribution in [3.8, 4) is 0 Å². The first kappa shape index (κ1) is 11.9. The summed E-state index contributed by atoms with van der Waals surface area (Å²) in [6.45, 7) is 3.07. The summed E-state index contributed by atoms with van der Waals surface area (Å²) < 4.78 is 0. The van der Waals surface area contributed by atoms with Crippen LogP contribution >= 0.6 is 11.3 Å². The first-order valence-electron chi connectivity index (χ1n) is 6.14. The predicted molar refractivity (Wildman–Crippen MR) is 67.9 cm³/mol. The van der Waals surface area contributed by atoms with E-state index in [4.69, 9.17) is 0 Å². The number of rotatable bonds is 4. The molecule has 0 aromatic carbocycles. The number of aromatic nitrogens is 1. The van der Waals surface area contributed by atoms with E-state index in [0.29, 0.717) is 5.92 Å². The van der Waals surface area contributed by atoms with Crippen LogP contribution in [0.1, 0.15) is 38.3 Å². The smallest absolute Gasteiger partial charge is 0.182 e. The van der Waals surface area contributed by atoms with Crippen molar-refractivity contribution >= 4 is 16.5 Å². The molecular weight excluding hydrogens is 220 g/mol. The molecule has 1 heterocycles. The number of aryl methyl sites for hydroxylation is 1. The van der Waals surface area contributed by atoms with Gasteiger partial charge in [0, 0.05) is 11.9 Å². The van der Waals surface area contributed by atoms with Crippen molar-refractivity contribution in [2.45, 2.75) is 45.1 Å². The number of hydrogen-bond acceptors (Lipinski definition) is 4. The van der Waals surface area contributed by atoms with E-state index in [1.165, 1.54) is 6.42 Å². The lowest BCUT2D eigenvalue weighted by molar-refractivity contribution is 0.105. The predicted octanol–water partition coefficient (Wildman–Crippen LogP) is 2.67. The molecule has 1 aromatic rings. The van der Waals surface area contributed by atoms with Crippen LogP contribution in [-0.4, -0.2) is 22.7 Å². The summed E-state index contributed by atoms with van der Waals surface area (Å²) in [5.74, 6) is 0.609. The van der Waals surface area contributed by atoms with Crippen molar-refractivity contribution in [1.82, 2.24) is 4.98 Å². The maximum atomic E-state index is 9.58. The van der Waals surface area contributed by atoms with Crippen molar-refractivity contribution in [3.63, 3.8) is 0 Å². The van der Waals surface area contributed by atoms with Crippen LogP contribution in [0, 0.1) is 5.92 Å². The molecule has 0 radical (unpaired) electrons. The molecule has 1 aromatic heterocycles. The SMILES string of the molecule is CCc1csc(NCC2CCCC(O)C2)n1. The molecule has 2 N–H and O–H groups in total. The molecule has 16 heavy (non-hydrogen) atoms. The zero-order valence-corrected chi connectivity index (χ0v) is 10.6. The van der Waals surface area contributed by atoms with Gasteiger partial charge in [0.1, 0.15) is 0 Å². The summed E-state index contributed by atoms with van der Waals surface area (Å²) in [6, 6.07) is 0. The highest BCUT2D eigenvalue weighted by molar-refractivity contribution is 7.13. The van der Waals surface area contributed by atoms with Crippen molar-refractivity contribution in [3.05, 3.63) is 11.1 Å². The molecule has 1 aliphatic carbocycles. The molecule has 0 aliphatic heterocycles. The van der Waals surface area contributed by atoms with Gasteiger partial charge in [-0.1, -0.05) is 13.3 Å². The molecule has 4 heteroatoms. The number of nitrogens with zero attached hydrogens (tertiary/aromatic N) is 1. The molecule has 2 atom stereocenters. The van der Waals surface area contributed by atoms with Gasteiger partial charge in [-0.3, -0.25) is 0 Å². The summed E-state index contributed by atoms with van der Waals surface area (Å²) in [6.07, 6.45) is 5.23. The summed E-state index contributed by atoms with van der Waals surface area (Å²) in [5.41, 5.74) is 1.16. The Morgan fingerprint density at radius 2 is 2.44 bits per heavy atom. The standard InChI is InChI=1S/C12H20N2OS/c1-2-10-8-16-12(14-10)13-7-9-4-3-5-11(15)6-9/h8-9,11,15H,2-7H2,1H3,(H,13,14). The van der Waals surface area contributed by atoms with Gasteiger partial charge in [0.15, 0.2) is 5.13 Å². The van der Waals surface area contributed by atoms with E-state index in [9.17, 15) is 5.11 Å². The number of aliphatic hydroxyl groups is 1. The first-order chi connectivity index (χ1) is 7.78. The fourth-order valence-electron chi connectivity index (χ4n) is 2.23. The van der Waals surface area contributed by atoms with Crippen LogP contribution in [0.15, 0.2) is 5.38 Å². The number of thiazole rings is 1. The Hall–Kier alpha value is -0.610. The topological polar surface area (TPSA) is 45.1 Å². The lowest BCUT2D eigenvalue weighted by Gasteiger charge is -2.25. The molecule has 3 nitrogen and oxygen atoms in total. The summed E-state index contributed by atoms with van der Waals surface area (Å²) in [7, 11) is 0. The monoisotopic (exact) mass is 240 g/mol. The maximum Gasteiger partial charge on any atom is 0.182 e. The zero-order valence-electron chi connectivity index (χ0n) is 9.78. The van der Waals surface area contributed by atoms with Gasteiger partial charge < -0.3 is 10.4 Å². The van der Waals surface area contributed by atoms with Gasteiger partial charge in [-0.2, -0.15) is 0 Å². The molecule has 0 amide bonds. The Balaban J connectivity index is 1.78. The lowest BCUT2D eigenvalue weighted by Crippen LogP contribution is -2.24. The normalized spacial score (nSPS) is 25.6. The molecule has 0 spiro atoms. The first-order valence-corrected chi connectivity index (χ1v) is 7.02. The van der Waals surface area contributed by atoms with Crippen LogP contribution in [0.2, 0.25) is 0 Å². The molecule has 0 bridgehead atoms. The molecular formula is C12H20N2OS. The third kappa shape index (κ3) is 3.19. The van der Waals surface area contributed by atoms with Crippen LogP contribution < -0.4 is 5.32 Å². The van der Waals surface area contributed by atoms with E-state index in [-0.39, 0.29) is 6.10 Å². The van der Waals surface area contributed by atoms with Gasteiger partial charge >= 0.3 is 0 Å². The van der Waals surface area contributed by atoms with Gasteiger partial charge in [-0.05, 0) is 31.6 Å². The van der Waals surface area contributed by atoms with Gasteiger partial charge in [0.05, 0.1) is 11.8 Å². The summed E-state index contributed by atoms with van der Waals surface area (Å²) >= 11 is 1.68. The summed E-state index contributed by atoms with van der Waals surface area (Å²) in [4.78, 5) is 4.48. The highest BCUT2D eigenvalue weighted by Gasteiger charge is 2.19. The molecule has 2 rings (SSSR count). The molecule has 1 saturated carbocycles. The largest absolute Gasteiger partial charge is 0.393 e. The second-order valence-corrected chi connectivity index (χ2v) is 5.42. The molecule has 1 aliphatic rings. The Morgan fingerprint density at radius 3 is 3.12 bits per heavy atom. The lowest BCUT2D eigenvalue weighted by atomic mass is 9.87. The molecule has 2 unspecified atom stereocenters. The Morgan fingerprint density at radius 1 is 1.56 bits per heavy atom. The molecule has 1 fully saturated rings. The molecule has 0 saturated heterocycles. The third-order valence-electron chi connectivity index (χ3n) is 3.21. The Bertz CT molecular complexity index is 327. The molecule has 90 valence electrons. The van der Waals surface area contributed by atoms with Gasteiger partial charge in [-0.25, -0.2) is 4.98 Å². The van der Waals surface area contributed by atoms with Crippen molar-refractivity contribution in [2.75, 3.05) is 11.9 Å². The van der Waals surface area contributed by atoms with E-state index < -0.39 is 0 Å². The van der Waals surface area contributed by atoms with E-state index in [1.807, 2.05) is 0 Å². The Labute approximate surface area is 101 Å². The number of anilines is 1. The minimum Gasteiger partial charge on any atom is -0.393 e. The Kier molecular flexibility index (Phi) is 4.18. The van der Waals surface area contributed by atoms with E-state index in [1.54, 1.807) is 11.3 Å². The van der Waals surface area contributed by atoms with Crippen LogP contribution in [0.3, 0.4) is 0 Å². The van der Waals surface area contributed by atoms with Gasteiger partial charge in [0.25, 0.3) is 0 Å². The fraction of sp³-hybridized carbons (Fsp3) is 0.750. The van der Waals surface area contributed by atoms with E-state index >= 15 is 0 Å². The maximum absolute atomic E-state index is 9.58. The third-order valence-corrected chi connectivity index (χ3v) is 4.06. The second kappa shape index (κ2) is 5.64. The van der Waals surface area contributed by atoms with Gasteiger partial charge in [-0.15, -0.1) is 11.3 Å². The fourth-order valence-corrected chi connectivity index (χ4v) is 3.03. The highest BCUT2D eigenvalue weighted by atomic mass is 32.1. The zero-order chi connectivity index (χ0) is 11.4. The van der Waals surface area contributed by atoms with Crippen molar-refractivity contribution in [2.24, 2.45) is 5.92 Å². The summed E-state index contributed by atoms with van der Waals surface area (Å²) in [5, 5.41) is 16.1. The number of aliphatic hydroxyl groups excluding tert-OH is 1. The minimum atomic E-state index is -0.0805. The number of hydrogen-bond donors (Lipinski definition) is 2. The van der Waals surface area contributed by atoms with Crippen molar-refractivity contribution < 1.29 is 5.11 Å². The highest BCUT2D eigenvalue weighted by Crippen LogP contribution is 2.25. The van der Waals surface area contributed by atoms with Crippen molar-refractivity contribution in [1.29, 1.82) is 0 Å². The quantitative estimate of drug-likeness (QED) is 0.850. The van der Waals surface area contributed by atoms with Crippen LogP contribution in [0.25, 0.3) is 0 Å². The van der Waals surface area contributed by atoms with E-state index in [2.05, 4.69) is 22.6 Å². The minimum absolute atomic E-state index is 0.0805. The number of nitrogens with one attached hydrogen (secondary N) is 1. The second-order valence-electron chi connectivity index (χ2n) is 4.56.